The topological polar surface area (TPSA) is 144 Å². The van der Waals surface area contributed by atoms with Crippen LogP contribution in [0.4, 0.5) is 15.0 Å². The Morgan fingerprint density at radius 3 is 2.65 bits per heavy atom. The van der Waals surface area contributed by atoms with Crippen molar-refractivity contribution in [1.29, 1.82) is 5.26 Å². The Hall–Kier alpha value is -4.24. The lowest BCUT2D eigenvalue weighted by molar-refractivity contribution is 0.00694. The van der Waals surface area contributed by atoms with E-state index in [0.29, 0.717) is 13.1 Å². The van der Waals surface area contributed by atoms with E-state index >= 15 is 4.39 Å². The first-order valence-electron chi connectivity index (χ1n) is 11.9. The molecule has 0 bridgehead atoms. The largest absolute Gasteiger partial charge is 0.453 e. The first-order chi connectivity index (χ1) is 17.8. The van der Waals surface area contributed by atoms with Crippen LogP contribution in [0.25, 0.3) is 11.3 Å². The summed E-state index contributed by atoms with van der Waals surface area (Å²) < 4.78 is 23.5. The van der Waals surface area contributed by atoms with Gasteiger partial charge in [0.15, 0.2) is 5.82 Å². The molecule has 2 amide bonds. The fourth-order valence-electron chi connectivity index (χ4n) is 4.57. The Labute approximate surface area is 213 Å². The van der Waals surface area contributed by atoms with Crippen molar-refractivity contribution in [1.82, 2.24) is 24.5 Å². The lowest BCUT2D eigenvalue weighted by Crippen LogP contribution is -2.54. The van der Waals surface area contributed by atoms with Crippen LogP contribution in [-0.2, 0) is 23.4 Å². The minimum atomic E-state index is -1.47. The number of carbonyl (C=O) groups is 2. The Kier molecular flexibility index (Phi) is 7.54. The van der Waals surface area contributed by atoms with Crippen molar-refractivity contribution in [2.45, 2.75) is 44.6 Å². The highest BCUT2D eigenvalue weighted by Crippen LogP contribution is 2.37. The quantitative estimate of drug-likeness (QED) is 0.476. The van der Waals surface area contributed by atoms with E-state index in [1.807, 2.05) is 53.0 Å². The minimum absolute atomic E-state index is 0.0653. The Balaban J connectivity index is 1.50. The third kappa shape index (κ3) is 5.31. The molecule has 3 N–H and O–H groups in total. The molecule has 0 aliphatic carbocycles. The predicted octanol–water partition coefficient (Wildman–Crippen LogP) is 2.90. The zero-order valence-corrected chi connectivity index (χ0v) is 20.7. The monoisotopic (exact) mass is 508 g/mol. The number of amides is 2. The van der Waals surface area contributed by atoms with E-state index in [1.54, 1.807) is 0 Å². The zero-order valence-electron chi connectivity index (χ0n) is 20.7. The molecule has 1 aliphatic rings. The number of aryl methyl sites for hydroxylation is 1. The predicted molar refractivity (Wildman–Crippen MR) is 133 cm³/mol. The van der Waals surface area contributed by atoms with Crippen molar-refractivity contribution in [2.24, 2.45) is 5.73 Å². The lowest BCUT2D eigenvalue weighted by Gasteiger charge is -2.43. The van der Waals surface area contributed by atoms with Crippen LogP contribution >= 0.6 is 0 Å². The van der Waals surface area contributed by atoms with Gasteiger partial charge in [-0.25, -0.2) is 9.18 Å². The highest BCUT2D eigenvalue weighted by molar-refractivity contribution is 6.00. The summed E-state index contributed by atoms with van der Waals surface area (Å²) in [5.41, 5.74) is 6.95. The second-order valence-electron chi connectivity index (χ2n) is 8.96. The molecule has 1 aromatic carbocycles. The minimum Gasteiger partial charge on any atom is -0.453 e. The number of methoxy groups -OCH3 is 1. The summed E-state index contributed by atoms with van der Waals surface area (Å²) in [5, 5.41) is 20.6. The molecular weight excluding hydrogens is 479 g/mol. The first-order valence-corrected chi connectivity index (χ1v) is 11.9. The fraction of sp³-hybridized carbons (Fsp3) is 0.400. The average molecular weight is 509 g/mol. The maximum atomic E-state index is 15.8. The number of benzene rings is 1. The molecule has 0 radical (unpaired) electrons. The highest BCUT2D eigenvalue weighted by Gasteiger charge is 2.46. The number of nitrogens with one attached hydrogen (secondary N) is 1. The van der Waals surface area contributed by atoms with E-state index in [1.165, 1.54) is 10.9 Å². The standard InChI is InChI=1S/C25H29FN8O3/c1-3-33-12-8-20(30-33)18-6-4-17(5-7-18)14-32-13-10-25(9-11-27,21(26)16-32)34-15-19(22(28)35)23(31-34)29-24(36)37-2/h4-8,12,15,21H,3,9-10,13-14,16H2,1-2H3,(H2,28,35)(H,29,31,36). The van der Waals surface area contributed by atoms with Gasteiger partial charge in [0.1, 0.15) is 17.3 Å². The average Bonchev–Trinajstić information content (AvgIpc) is 3.54. The molecule has 1 saturated heterocycles. The third-order valence-corrected chi connectivity index (χ3v) is 6.71. The van der Waals surface area contributed by atoms with E-state index in [-0.39, 0.29) is 30.8 Å². The highest BCUT2D eigenvalue weighted by atomic mass is 19.1. The number of alkyl halides is 1. The van der Waals surface area contributed by atoms with E-state index in [2.05, 4.69) is 26.3 Å². The van der Waals surface area contributed by atoms with Crippen molar-refractivity contribution in [3.05, 3.63) is 53.9 Å². The summed E-state index contributed by atoms with van der Waals surface area (Å²) in [7, 11) is 1.16. The molecule has 1 fully saturated rings. The molecule has 2 unspecified atom stereocenters. The molecule has 3 heterocycles. The fourth-order valence-corrected chi connectivity index (χ4v) is 4.57. The van der Waals surface area contributed by atoms with Gasteiger partial charge in [0.2, 0.25) is 0 Å². The smallest absolute Gasteiger partial charge is 0.412 e. The van der Waals surface area contributed by atoms with Crippen LogP contribution in [0.3, 0.4) is 0 Å². The Morgan fingerprint density at radius 1 is 1.30 bits per heavy atom. The van der Waals surface area contributed by atoms with Gasteiger partial charge < -0.3 is 10.5 Å². The maximum Gasteiger partial charge on any atom is 0.412 e. The van der Waals surface area contributed by atoms with Crippen LogP contribution in [-0.4, -0.2) is 62.8 Å². The number of hydrogen-bond acceptors (Lipinski definition) is 7. The van der Waals surface area contributed by atoms with Gasteiger partial charge in [0.05, 0.1) is 25.3 Å². The molecule has 2 aromatic heterocycles. The van der Waals surface area contributed by atoms with Gasteiger partial charge in [0, 0.05) is 44.1 Å². The molecular formula is C25H29FN8O3. The van der Waals surface area contributed by atoms with Gasteiger partial charge in [0.25, 0.3) is 5.91 Å². The molecule has 0 spiro atoms. The number of ether oxygens (including phenoxy) is 1. The van der Waals surface area contributed by atoms with Crippen molar-refractivity contribution >= 4 is 17.8 Å². The summed E-state index contributed by atoms with van der Waals surface area (Å²) in [6.45, 7) is 3.93. The van der Waals surface area contributed by atoms with Crippen LogP contribution in [0, 0.1) is 11.3 Å². The molecule has 2 atom stereocenters. The summed E-state index contributed by atoms with van der Waals surface area (Å²) >= 11 is 0. The molecule has 3 aromatic rings. The summed E-state index contributed by atoms with van der Waals surface area (Å²) in [4.78, 5) is 25.6. The van der Waals surface area contributed by atoms with Gasteiger partial charge in [-0.3, -0.25) is 24.4 Å². The number of nitrogens with two attached hydrogens (primary N) is 1. The number of primary amides is 1. The van der Waals surface area contributed by atoms with Gasteiger partial charge in [-0.1, -0.05) is 24.3 Å². The molecule has 12 heteroatoms. The first kappa shape index (κ1) is 25.8. The van der Waals surface area contributed by atoms with Crippen LogP contribution in [0.1, 0.15) is 35.7 Å². The zero-order chi connectivity index (χ0) is 26.6. The molecule has 37 heavy (non-hydrogen) atoms. The van der Waals surface area contributed by atoms with E-state index in [4.69, 9.17) is 5.73 Å². The summed E-state index contributed by atoms with van der Waals surface area (Å²) in [5.74, 6) is -0.988. The number of piperidine rings is 1. The lowest BCUT2D eigenvalue weighted by atomic mass is 9.83. The Bertz CT molecular complexity index is 1310. The molecule has 11 nitrogen and oxygen atoms in total. The van der Waals surface area contributed by atoms with Crippen molar-refractivity contribution in [2.75, 3.05) is 25.5 Å². The molecule has 1 aliphatic heterocycles. The second kappa shape index (κ2) is 10.8. The maximum absolute atomic E-state index is 15.8. The van der Waals surface area contributed by atoms with Gasteiger partial charge >= 0.3 is 6.09 Å². The van der Waals surface area contributed by atoms with Crippen molar-refractivity contribution < 1.29 is 18.7 Å². The van der Waals surface area contributed by atoms with E-state index in [9.17, 15) is 14.9 Å². The van der Waals surface area contributed by atoms with Gasteiger partial charge in [-0.15, -0.1) is 0 Å². The van der Waals surface area contributed by atoms with Crippen molar-refractivity contribution in [3.8, 4) is 17.3 Å². The third-order valence-electron chi connectivity index (χ3n) is 6.71. The number of nitrogens with zero attached hydrogens (tertiary/aromatic N) is 6. The number of nitriles is 1. The van der Waals surface area contributed by atoms with Crippen LogP contribution in [0.15, 0.2) is 42.7 Å². The van der Waals surface area contributed by atoms with E-state index in [0.717, 1.165) is 30.5 Å². The number of carbonyl (C=O) groups excluding carboxylic acids is 2. The Morgan fingerprint density at radius 2 is 2.05 bits per heavy atom. The molecule has 194 valence electrons. The van der Waals surface area contributed by atoms with Crippen LogP contribution in [0.2, 0.25) is 0 Å². The number of rotatable bonds is 8. The number of halogens is 1. The van der Waals surface area contributed by atoms with Crippen LogP contribution in [0.5, 0.6) is 0 Å². The summed E-state index contributed by atoms with van der Waals surface area (Å²) in [6.07, 6.45) is 1.01. The number of hydrogen-bond donors (Lipinski definition) is 2. The molecule has 0 saturated carbocycles. The second-order valence-corrected chi connectivity index (χ2v) is 8.96. The molecule has 4 rings (SSSR count). The van der Waals surface area contributed by atoms with Gasteiger partial charge in [-0.05, 0) is 25.0 Å². The number of likely N-dealkylation sites (tertiary alicyclic amines) is 1. The van der Waals surface area contributed by atoms with Crippen LogP contribution < -0.4 is 11.1 Å². The van der Waals surface area contributed by atoms with Crippen molar-refractivity contribution in [3.63, 3.8) is 0 Å². The number of anilines is 1. The van der Waals surface area contributed by atoms with Gasteiger partial charge in [-0.2, -0.15) is 15.5 Å². The van der Waals surface area contributed by atoms with E-state index < -0.39 is 23.7 Å². The SMILES string of the molecule is CCn1ccc(-c2ccc(CN3CCC(CC#N)(n4cc(C(N)=O)c(NC(=O)OC)n4)C(F)C3)cc2)n1. The normalized spacial score (nSPS) is 19.8. The number of aromatic nitrogens is 4. The summed E-state index contributed by atoms with van der Waals surface area (Å²) in [6, 6.07) is 12.0.